The normalized spacial score (nSPS) is 27.7. The van der Waals surface area contributed by atoms with Gasteiger partial charge in [-0.25, -0.2) is 0 Å². The van der Waals surface area contributed by atoms with Crippen LogP contribution in [0.2, 0.25) is 0 Å². The van der Waals surface area contributed by atoms with Gasteiger partial charge in [0.1, 0.15) is 0 Å². The maximum Gasteiger partial charge on any atom is 0.303 e. The molecule has 1 N–H and O–H groups in total. The lowest BCUT2D eigenvalue weighted by molar-refractivity contribution is -0.169. The fraction of sp³-hybridized carbons (Fsp3) is 0.800. The summed E-state index contributed by atoms with van der Waals surface area (Å²) in [6, 6.07) is 0. The van der Waals surface area contributed by atoms with E-state index in [1.165, 1.54) is 0 Å². The fourth-order valence-electron chi connectivity index (χ4n) is 3.24. The van der Waals surface area contributed by atoms with E-state index in [0.717, 1.165) is 12.0 Å². The Morgan fingerprint density at radius 3 is 2.42 bits per heavy atom. The summed E-state index contributed by atoms with van der Waals surface area (Å²) in [5.41, 5.74) is 1.14. The lowest BCUT2D eigenvalue weighted by Gasteiger charge is -2.42. The highest BCUT2D eigenvalue weighted by Crippen LogP contribution is 2.43. The van der Waals surface area contributed by atoms with Crippen LogP contribution in [-0.4, -0.2) is 31.6 Å². The van der Waals surface area contributed by atoms with Crippen LogP contribution in [0.3, 0.4) is 0 Å². The standard InChI is InChI=1S/C15H26O4/c1-9(2)11-7-6-10(3)12(8-13(16)17)14(11)15(18-4)19-5/h6,9,11-12,14-15H,7-8H2,1-5H3,(H,16,17)/t11-,12+,14-/m1/s1. The molecule has 0 unspecified atom stereocenters. The third kappa shape index (κ3) is 3.80. The van der Waals surface area contributed by atoms with E-state index in [1.54, 1.807) is 14.2 Å². The number of hydrogen-bond acceptors (Lipinski definition) is 3. The van der Waals surface area contributed by atoms with Gasteiger partial charge >= 0.3 is 5.97 Å². The van der Waals surface area contributed by atoms with Crippen LogP contribution >= 0.6 is 0 Å². The zero-order valence-electron chi connectivity index (χ0n) is 12.6. The molecule has 0 fully saturated rings. The first-order chi connectivity index (χ1) is 8.92. The molecule has 0 bridgehead atoms. The van der Waals surface area contributed by atoms with Crippen LogP contribution in [0.5, 0.6) is 0 Å². The summed E-state index contributed by atoms with van der Waals surface area (Å²) < 4.78 is 10.9. The number of carboxylic acids is 1. The zero-order chi connectivity index (χ0) is 14.6. The molecular formula is C15H26O4. The molecule has 3 atom stereocenters. The third-order valence-electron chi connectivity index (χ3n) is 4.29. The molecular weight excluding hydrogens is 244 g/mol. The number of rotatable bonds is 6. The largest absolute Gasteiger partial charge is 0.481 e. The number of aliphatic carboxylic acids is 1. The number of hydrogen-bond donors (Lipinski definition) is 1. The van der Waals surface area contributed by atoms with Crippen molar-refractivity contribution in [3.8, 4) is 0 Å². The van der Waals surface area contributed by atoms with Crippen molar-refractivity contribution in [2.75, 3.05) is 14.2 Å². The van der Waals surface area contributed by atoms with Gasteiger partial charge in [-0.05, 0) is 31.1 Å². The molecule has 0 aromatic carbocycles. The molecule has 0 saturated carbocycles. The Hall–Kier alpha value is -0.870. The van der Waals surface area contributed by atoms with E-state index in [4.69, 9.17) is 14.6 Å². The lowest BCUT2D eigenvalue weighted by Crippen LogP contribution is -2.42. The van der Waals surface area contributed by atoms with Crippen molar-refractivity contribution >= 4 is 5.97 Å². The molecule has 4 nitrogen and oxygen atoms in total. The Kier molecular flexibility index (Phi) is 6.01. The summed E-state index contributed by atoms with van der Waals surface area (Å²) in [6.45, 7) is 6.36. The highest BCUT2D eigenvalue weighted by molar-refractivity contribution is 5.67. The van der Waals surface area contributed by atoms with Crippen LogP contribution in [0.25, 0.3) is 0 Å². The van der Waals surface area contributed by atoms with E-state index >= 15 is 0 Å². The molecule has 0 aliphatic heterocycles. The minimum absolute atomic E-state index is 0.0106. The number of carbonyl (C=O) groups is 1. The fourth-order valence-corrected chi connectivity index (χ4v) is 3.24. The van der Waals surface area contributed by atoms with Gasteiger partial charge in [0, 0.05) is 20.1 Å². The van der Waals surface area contributed by atoms with Crippen LogP contribution in [0, 0.1) is 23.7 Å². The Bertz CT molecular complexity index is 331. The van der Waals surface area contributed by atoms with Crippen molar-refractivity contribution in [3.63, 3.8) is 0 Å². The second-order valence-corrected chi connectivity index (χ2v) is 5.71. The van der Waals surface area contributed by atoms with Crippen LogP contribution in [-0.2, 0) is 14.3 Å². The molecule has 0 saturated heterocycles. The van der Waals surface area contributed by atoms with Gasteiger partial charge in [0.2, 0.25) is 0 Å². The highest BCUT2D eigenvalue weighted by atomic mass is 16.7. The Balaban J connectivity index is 3.08. The summed E-state index contributed by atoms with van der Waals surface area (Å²) in [7, 11) is 3.24. The molecule has 1 aliphatic carbocycles. The Morgan fingerprint density at radius 2 is 2.00 bits per heavy atom. The molecule has 1 aliphatic rings. The molecule has 0 spiro atoms. The van der Waals surface area contributed by atoms with Gasteiger partial charge in [-0.15, -0.1) is 0 Å². The van der Waals surface area contributed by atoms with E-state index in [1.807, 2.05) is 6.92 Å². The maximum atomic E-state index is 11.1. The molecule has 4 heteroatoms. The van der Waals surface area contributed by atoms with Gasteiger partial charge < -0.3 is 14.6 Å². The van der Waals surface area contributed by atoms with E-state index in [-0.39, 0.29) is 24.5 Å². The Morgan fingerprint density at radius 1 is 1.42 bits per heavy atom. The first kappa shape index (κ1) is 16.2. The zero-order valence-corrected chi connectivity index (χ0v) is 12.6. The molecule has 0 aromatic heterocycles. The van der Waals surface area contributed by atoms with Gasteiger partial charge in [-0.2, -0.15) is 0 Å². The molecule has 1 rings (SSSR count). The highest BCUT2D eigenvalue weighted by Gasteiger charge is 2.41. The molecule has 110 valence electrons. The number of allylic oxidation sites excluding steroid dienone is 2. The quantitative estimate of drug-likeness (QED) is 0.595. The predicted molar refractivity (Wildman–Crippen MR) is 73.7 cm³/mol. The van der Waals surface area contributed by atoms with Gasteiger partial charge in [-0.1, -0.05) is 25.5 Å². The lowest BCUT2D eigenvalue weighted by atomic mass is 9.67. The molecule has 0 amide bonds. The Labute approximate surface area is 115 Å². The maximum absolute atomic E-state index is 11.1. The van der Waals surface area contributed by atoms with Crippen LogP contribution in [0.15, 0.2) is 11.6 Å². The van der Waals surface area contributed by atoms with E-state index in [0.29, 0.717) is 11.8 Å². The summed E-state index contributed by atoms with van der Waals surface area (Å²) in [5, 5.41) is 9.14. The van der Waals surface area contributed by atoms with Gasteiger partial charge in [0.05, 0.1) is 6.42 Å². The van der Waals surface area contributed by atoms with Crippen molar-refractivity contribution in [1.29, 1.82) is 0 Å². The number of ether oxygens (including phenoxy) is 2. The summed E-state index contributed by atoms with van der Waals surface area (Å²) in [4.78, 5) is 11.1. The van der Waals surface area contributed by atoms with Crippen molar-refractivity contribution in [2.45, 2.75) is 39.9 Å². The monoisotopic (exact) mass is 270 g/mol. The smallest absolute Gasteiger partial charge is 0.303 e. The molecule has 0 heterocycles. The van der Waals surface area contributed by atoms with Gasteiger partial charge in [-0.3, -0.25) is 4.79 Å². The average molecular weight is 270 g/mol. The summed E-state index contributed by atoms with van der Waals surface area (Å²) >= 11 is 0. The molecule has 0 radical (unpaired) electrons. The van der Waals surface area contributed by atoms with Crippen molar-refractivity contribution in [1.82, 2.24) is 0 Å². The summed E-state index contributed by atoms with van der Waals surface area (Å²) in [6.07, 6.45) is 2.93. The van der Waals surface area contributed by atoms with Crippen LogP contribution in [0.4, 0.5) is 0 Å². The number of carboxylic acid groups (broad SMARTS) is 1. The first-order valence-corrected chi connectivity index (χ1v) is 6.86. The number of methoxy groups -OCH3 is 2. The van der Waals surface area contributed by atoms with Crippen molar-refractivity contribution < 1.29 is 19.4 Å². The van der Waals surface area contributed by atoms with Crippen LogP contribution < -0.4 is 0 Å². The average Bonchev–Trinajstić information content (AvgIpc) is 2.33. The minimum Gasteiger partial charge on any atom is -0.481 e. The van der Waals surface area contributed by atoms with Crippen LogP contribution in [0.1, 0.15) is 33.6 Å². The van der Waals surface area contributed by atoms with Crippen molar-refractivity contribution in [2.24, 2.45) is 23.7 Å². The SMILES string of the molecule is COC(OC)[C@@H]1[C@@H](C(C)C)CC=C(C)[C@@H]1CC(=O)O. The second-order valence-electron chi connectivity index (χ2n) is 5.71. The van der Waals surface area contributed by atoms with E-state index < -0.39 is 5.97 Å². The van der Waals surface area contributed by atoms with Gasteiger partial charge in [0.25, 0.3) is 0 Å². The second kappa shape index (κ2) is 7.06. The first-order valence-electron chi connectivity index (χ1n) is 6.86. The van der Waals surface area contributed by atoms with E-state index in [2.05, 4.69) is 19.9 Å². The third-order valence-corrected chi connectivity index (χ3v) is 4.29. The topological polar surface area (TPSA) is 55.8 Å². The van der Waals surface area contributed by atoms with Crippen molar-refractivity contribution in [3.05, 3.63) is 11.6 Å². The molecule has 19 heavy (non-hydrogen) atoms. The van der Waals surface area contributed by atoms with Gasteiger partial charge in [0.15, 0.2) is 6.29 Å². The molecule has 0 aromatic rings. The van der Waals surface area contributed by atoms with E-state index in [9.17, 15) is 4.79 Å². The summed E-state index contributed by atoms with van der Waals surface area (Å²) in [5.74, 6) is 0.175. The minimum atomic E-state index is -0.766. The predicted octanol–water partition coefficient (Wildman–Crippen LogP) is 2.93.